The van der Waals surface area contributed by atoms with E-state index in [0.29, 0.717) is 31.3 Å². The van der Waals surface area contributed by atoms with Crippen LogP contribution in [0.5, 0.6) is 0 Å². The van der Waals surface area contributed by atoms with Crippen LogP contribution in [0.2, 0.25) is 0 Å². The minimum absolute atomic E-state index is 0.408. The maximum Gasteiger partial charge on any atom is 0.228 e. The van der Waals surface area contributed by atoms with Gasteiger partial charge >= 0.3 is 0 Å². The molecule has 0 amide bonds. The molecule has 1 aromatic heterocycles. The Bertz CT molecular complexity index is 494. The number of hydrogen-bond acceptors (Lipinski definition) is 5. The molecule has 0 bridgehead atoms. The average molecular weight is 261 g/mol. The highest BCUT2D eigenvalue weighted by molar-refractivity contribution is 5.44. The van der Waals surface area contributed by atoms with Crippen molar-refractivity contribution in [2.45, 2.75) is 26.9 Å². The molecule has 2 aromatic rings. The van der Waals surface area contributed by atoms with Gasteiger partial charge in [0.15, 0.2) is 5.82 Å². The second-order valence-electron chi connectivity index (χ2n) is 4.28. The molecule has 2 rings (SSSR count). The van der Waals surface area contributed by atoms with Crippen LogP contribution in [0.4, 0.5) is 5.69 Å². The first kappa shape index (κ1) is 13.5. The number of nitrogens with zero attached hydrogens (tertiary/aromatic N) is 2. The molecule has 0 aliphatic heterocycles. The van der Waals surface area contributed by atoms with Crippen LogP contribution in [-0.2, 0) is 17.8 Å². The van der Waals surface area contributed by atoms with Crippen molar-refractivity contribution in [3.05, 3.63) is 41.5 Å². The molecule has 0 saturated carbocycles. The van der Waals surface area contributed by atoms with Crippen LogP contribution in [0, 0.1) is 6.92 Å². The highest BCUT2D eigenvalue weighted by Gasteiger charge is 2.05. The summed E-state index contributed by atoms with van der Waals surface area (Å²) in [6.07, 6.45) is 0.701. The van der Waals surface area contributed by atoms with Crippen molar-refractivity contribution in [3.8, 4) is 0 Å². The van der Waals surface area contributed by atoms with Crippen LogP contribution in [0.15, 0.2) is 28.8 Å². The van der Waals surface area contributed by atoms with E-state index in [4.69, 9.17) is 9.26 Å². The van der Waals surface area contributed by atoms with Gasteiger partial charge in [-0.1, -0.05) is 22.9 Å². The van der Waals surface area contributed by atoms with E-state index in [1.807, 2.05) is 6.92 Å². The number of hydrogen-bond donors (Lipinski definition) is 1. The smallest absolute Gasteiger partial charge is 0.228 e. The highest BCUT2D eigenvalue weighted by atomic mass is 16.5. The number of anilines is 1. The van der Waals surface area contributed by atoms with Gasteiger partial charge in [0.1, 0.15) is 6.61 Å². The topological polar surface area (TPSA) is 60.2 Å². The largest absolute Gasteiger partial charge is 0.385 e. The lowest BCUT2D eigenvalue weighted by Gasteiger charge is -2.04. The number of rotatable bonds is 7. The van der Waals surface area contributed by atoms with E-state index in [-0.39, 0.29) is 0 Å². The first-order valence-electron chi connectivity index (χ1n) is 6.47. The SMILES string of the molecule is CCOCc1noc(CCNc2ccc(C)cc2)n1. The van der Waals surface area contributed by atoms with Crippen LogP contribution in [0.1, 0.15) is 24.2 Å². The second-order valence-corrected chi connectivity index (χ2v) is 4.28. The molecule has 0 spiro atoms. The monoisotopic (exact) mass is 261 g/mol. The molecule has 0 atom stereocenters. The van der Waals surface area contributed by atoms with Crippen molar-refractivity contribution in [1.82, 2.24) is 10.1 Å². The molecule has 1 heterocycles. The van der Waals surface area contributed by atoms with E-state index >= 15 is 0 Å². The Morgan fingerprint density at radius 3 is 2.79 bits per heavy atom. The fourth-order valence-electron chi connectivity index (χ4n) is 1.63. The molecule has 1 aromatic carbocycles. The third-order valence-electron chi connectivity index (χ3n) is 2.66. The van der Waals surface area contributed by atoms with Crippen molar-refractivity contribution < 1.29 is 9.26 Å². The molecule has 0 saturated heterocycles. The molecule has 19 heavy (non-hydrogen) atoms. The van der Waals surface area contributed by atoms with Crippen LogP contribution in [0.25, 0.3) is 0 Å². The summed E-state index contributed by atoms with van der Waals surface area (Å²) < 4.78 is 10.4. The van der Waals surface area contributed by atoms with Gasteiger partial charge in [0.25, 0.3) is 0 Å². The van der Waals surface area contributed by atoms with Crippen LogP contribution in [-0.4, -0.2) is 23.3 Å². The Kier molecular flexibility index (Phi) is 4.92. The summed E-state index contributed by atoms with van der Waals surface area (Å²) in [4.78, 5) is 4.25. The first-order chi connectivity index (χ1) is 9.28. The molecule has 1 N–H and O–H groups in total. The number of ether oxygens (including phenoxy) is 1. The zero-order chi connectivity index (χ0) is 13.5. The molecule has 102 valence electrons. The van der Waals surface area contributed by atoms with E-state index in [0.717, 1.165) is 12.2 Å². The Labute approximate surface area is 113 Å². The highest BCUT2D eigenvalue weighted by Crippen LogP contribution is 2.08. The molecule has 5 nitrogen and oxygen atoms in total. The van der Waals surface area contributed by atoms with Gasteiger partial charge in [0.2, 0.25) is 5.89 Å². The Balaban J connectivity index is 1.76. The van der Waals surface area contributed by atoms with Crippen LogP contribution >= 0.6 is 0 Å². The van der Waals surface area contributed by atoms with Gasteiger partial charge in [0, 0.05) is 25.3 Å². The summed E-state index contributed by atoms with van der Waals surface area (Å²) in [6, 6.07) is 8.28. The maximum atomic E-state index is 5.22. The van der Waals surface area contributed by atoms with Gasteiger partial charge < -0.3 is 14.6 Å². The van der Waals surface area contributed by atoms with Gasteiger partial charge in [-0.3, -0.25) is 0 Å². The van der Waals surface area contributed by atoms with Gasteiger partial charge in [0.05, 0.1) is 0 Å². The Hall–Kier alpha value is -1.88. The van der Waals surface area contributed by atoms with Crippen molar-refractivity contribution in [3.63, 3.8) is 0 Å². The quantitative estimate of drug-likeness (QED) is 0.830. The van der Waals surface area contributed by atoms with Crippen LogP contribution < -0.4 is 5.32 Å². The summed E-state index contributed by atoms with van der Waals surface area (Å²) in [5, 5.41) is 7.17. The molecule has 0 aliphatic carbocycles. The Morgan fingerprint density at radius 1 is 1.26 bits per heavy atom. The summed E-state index contributed by atoms with van der Waals surface area (Å²) in [6.45, 7) is 5.83. The van der Waals surface area contributed by atoms with Gasteiger partial charge in [-0.05, 0) is 26.0 Å². The van der Waals surface area contributed by atoms with Crippen LogP contribution in [0.3, 0.4) is 0 Å². The summed E-state index contributed by atoms with van der Waals surface area (Å²) >= 11 is 0. The fraction of sp³-hybridized carbons (Fsp3) is 0.429. The second kappa shape index (κ2) is 6.89. The fourth-order valence-corrected chi connectivity index (χ4v) is 1.63. The van der Waals surface area contributed by atoms with E-state index in [9.17, 15) is 0 Å². The van der Waals surface area contributed by atoms with Crippen molar-refractivity contribution >= 4 is 5.69 Å². The predicted molar refractivity (Wildman–Crippen MR) is 73.0 cm³/mol. The van der Waals surface area contributed by atoms with Gasteiger partial charge in [-0.15, -0.1) is 0 Å². The minimum atomic E-state index is 0.408. The summed E-state index contributed by atoms with van der Waals surface area (Å²) in [5.41, 5.74) is 2.35. The molecule has 0 aliphatic rings. The summed E-state index contributed by atoms with van der Waals surface area (Å²) in [5.74, 6) is 1.24. The zero-order valence-corrected chi connectivity index (χ0v) is 11.3. The number of benzene rings is 1. The van der Waals surface area contributed by atoms with E-state index in [1.54, 1.807) is 0 Å². The third kappa shape index (κ3) is 4.37. The van der Waals surface area contributed by atoms with E-state index in [2.05, 4.69) is 46.6 Å². The average Bonchev–Trinajstić information content (AvgIpc) is 2.87. The number of aromatic nitrogens is 2. The van der Waals surface area contributed by atoms with Crippen molar-refractivity contribution in [1.29, 1.82) is 0 Å². The first-order valence-corrected chi connectivity index (χ1v) is 6.47. The molecule has 0 unspecified atom stereocenters. The summed E-state index contributed by atoms with van der Waals surface area (Å²) in [7, 11) is 0. The Morgan fingerprint density at radius 2 is 2.05 bits per heavy atom. The van der Waals surface area contributed by atoms with Gasteiger partial charge in [-0.2, -0.15) is 4.98 Å². The lowest BCUT2D eigenvalue weighted by atomic mass is 10.2. The maximum absolute atomic E-state index is 5.22. The van der Waals surface area contributed by atoms with Crippen molar-refractivity contribution in [2.75, 3.05) is 18.5 Å². The van der Waals surface area contributed by atoms with Gasteiger partial charge in [-0.25, -0.2) is 0 Å². The lowest BCUT2D eigenvalue weighted by Crippen LogP contribution is -2.05. The number of nitrogens with one attached hydrogen (secondary N) is 1. The normalized spacial score (nSPS) is 10.6. The van der Waals surface area contributed by atoms with Crippen molar-refractivity contribution in [2.24, 2.45) is 0 Å². The zero-order valence-electron chi connectivity index (χ0n) is 11.3. The number of aryl methyl sites for hydroxylation is 1. The van der Waals surface area contributed by atoms with E-state index < -0.39 is 0 Å². The minimum Gasteiger partial charge on any atom is -0.385 e. The predicted octanol–water partition coefficient (Wildman–Crippen LogP) is 2.57. The van der Waals surface area contributed by atoms with E-state index in [1.165, 1.54) is 5.56 Å². The molecule has 5 heteroatoms. The lowest BCUT2D eigenvalue weighted by molar-refractivity contribution is 0.126. The molecular formula is C14H19N3O2. The molecule has 0 radical (unpaired) electrons. The molecule has 0 fully saturated rings. The molecular weight excluding hydrogens is 242 g/mol. The third-order valence-corrected chi connectivity index (χ3v) is 2.66. The standard InChI is InChI=1S/C14H19N3O2/c1-3-18-10-13-16-14(19-17-13)8-9-15-12-6-4-11(2)5-7-12/h4-7,15H,3,8-10H2,1-2H3.